The lowest BCUT2D eigenvalue weighted by atomic mass is 9.93. The lowest BCUT2D eigenvalue weighted by Gasteiger charge is -2.26. The van der Waals surface area contributed by atoms with Crippen molar-refractivity contribution in [2.24, 2.45) is 0 Å². The molecule has 2 heterocycles. The first-order valence-electron chi connectivity index (χ1n) is 22.9. The predicted octanol–water partition coefficient (Wildman–Crippen LogP) is 18.0. The highest BCUT2D eigenvalue weighted by atomic mass is 16.3. The molecule has 0 saturated heterocycles. The first-order valence-corrected chi connectivity index (χ1v) is 22.9. The second-order valence-corrected chi connectivity index (χ2v) is 17.2. The number of anilines is 3. The summed E-state index contributed by atoms with van der Waals surface area (Å²) in [6, 6.07) is 91.9. The summed E-state index contributed by atoms with van der Waals surface area (Å²) in [5.74, 6) is 0. The zero-order valence-corrected chi connectivity index (χ0v) is 36.6. The highest BCUT2D eigenvalue weighted by Crippen LogP contribution is 2.44. The van der Waals surface area contributed by atoms with Gasteiger partial charge < -0.3 is 13.9 Å². The Kier molecular flexibility index (Phi) is 9.17. The molecule has 0 atom stereocenters. The van der Waals surface area contributed by atoms with Crippen LogP contribution in [-0.2, 0) is 0 Å². The van der Waals surface area contributed by atoms with E-state index in [4.69, 9.17) is 4.42 Å². The maximum Gasteiger partial charge on any atom is 0.143 e. The van der Waals surface area contributed by atoms with Crippen LogP contribution in [0.25, 0.3) is 105 Å². The molecule has 0 amide bonds. The van der Waals surface area contributed by atoms with Crippen molar-refractivity contribution in [2.45, 2.75) is 0 Å². The van der Waals surface area contributed by atoms with E-state index in [0.717, 1.165) is 72.5 Å². The number of benzene rings is 11. The molecule has 0 spiro atoms. The Bertz CT molecular complexity index is 3930. The Morgan fingerprint density at radius 1 is 0.299 bits per heavy atom. The summed E-state index contributed by atoms with van der Waals surface area (Å²) in [6.07, 6.45) is 0. The molecule has 13 rings (SSSR count). The highest BCUT2D eigenvalue weighted by Gasteiger charge is 2.20. The van der Waals surface area contributed by atoms with Crippen molar-refractivity contribution >= 4 is 71.6 Å². The largest absolute Gasteiger partial charge is 0.455 e. The average Bonchev–Trinajstić information content (AvgIpc) is 3.95. The van der Waals surface area contributed by atoms with Crippen LogP contribution in [0.1, 0.15) is 0 Å². The van der Waals surface area contributed by atoms with Gasteiger partial charge in [0.05, 0.1) is 16.7 Å². The first kappa shape index (κ1) is 38.5. The molecule has 13 aromatic rings. The molecule has 0 fully saturated rings. The van der Waals surface area contributed by atoms with Gasteiger partial charge in [-0.15, -0.1) is 0 Å². The van der Waals surface area contributed by atoms with Crippen LogP contribution in [0.4, 0.5) is 17.1 Å². The highest BCUT2D eigenvalue weighted by molar-refractivity contribution is 6.11. The quantitative estimate of drug-likeness (QED) is 0.152. The lowest BCUT2D eigenvalue weighted by molar-refractivity contribution is 0.670. The number of aromatic nitrogens is 1. The number of rotatable bonds is 8. The summed E-state index contributed by atoms with van der Waals surface area (Å²) < 4.78 is 8.94. The summed E-state index contributed by atoms with van der Waals surface area (Å²) in [5, 5.41) is 7.18. The number of para-hydroxylation sites is 5. The van der Waals surface area contributed by atoms with E-state index in [-0.39, 0.29) is 0 Å². The van der Waals surface area contributed by atoms with Gasteiger partial charge in [-0.1, -0.05) is 194 Å². The number of nitrogens with zero attached hydrogens (tertiary/aromatic N) is 2. The molecule has 3 nitrogen and oxygen atoms in total. The van der Waals surface area contributed by atoms with Gasteiger partial charge in [0.2, 0.25) is 0 Å². The number of fused-ring (bicyclic) bond motifs is 7. The standard InChI is InChI=1S/C64H42N2O/c1-2-17-46-42-49(41-32-43(46)16-1)65(48-39-35-45(36-40-48)51-19-4-6-21-53(51)58-26-15-27-59-57-25-10-14-31-63(57)67-64(58)59)47-37-33-44(34-38-47)50-18-3-5-20-52(50)54-22-7-11-28-60(54)66-61-29-12-8-23-55(61)56-24-9-13-30-62(56)66/h1-42H. The summed E-state index contributed by atoms with van der Waals surface area (Å²) in [7, 11) is 0. The van der Waals surface area contributed by atoms with Gasteiger partial charge in [0, 0.05) is 49.7 Å². The van der Waals surface area contributed by atoms with Crippen molar-refractivity contribution in [3.63, 3.8) is 0 Å². The fourth-order valence-corrected chi connectivity index (χ4v) is 10.3. The fourth-order valence-electron chi connectivity index (χ4n) is 10.3. The SMILES string of the molecule is c1ccc(-c2ccccc2-n2c3ccccc3c3ccccc32)c(-c2ccc(N(c3ccc(-c4ccccc4-c4cccc5c4oc4ccccc45)cc3)c3ccc4ccccc4c3)cc2)c1. The summed E-state index contributed by atoms with van der Waals surface area (Å²) in [4.78, 5) is 2.37. The van der Waals surface area contributed by atoms with E-state index in [1.807, 2.05) is 12.1 Å². The van der Waals surface area contributed by atoms with Crippen LogP contribution in [0.2, 0.25) is 0 Å². The zero-order valence-electron chi connectivity index (χ0n) is 36.6. The molecular weight excluding hydrogens is 813 g/mol. The Hall–Kier alpha value is -8.92. The summed E-state index contributed by atoms with van der Waals surface area (Å²) >= 11 is 0. The van der Waals surface area contributed by atoms with Crippen LogP contribution in [0.15, 0.2) is 259 Å². The van der Waals surface area contributed by atoms with Crippen molar-refractivity contribution in [3.8, 4) is 50.2 Å². The molecule has 0 aliphatic heterocycles. The minimum Gasteiger partial charge on any atom is -0.455 e. The minimum atomic E-state index is 0.902. The van der Waals surface area contributed by atoms with Crippen LogP contribution in [0.5, 0.6) is 0 Å². The fraction of sp³-hybridized carbons (Fsp3) is 0. The molecule has 0 bridgehead atoms. The molecule has 2 aromatic heterocycles. The van der Waals surface area contributed by atoms with Gasteiger partial charge >= 0.3 is 0 Å². The third kappa shape index (κ3) is 6.51. The molecular formula is C64H42N2O. The van der Waals surface area contributed by atoms with E-state index in [2.05, 4.69) is 252 Å². The maximum atomic E-state index is 6.51. The summed E-state index contributed by atoms with van der Waals surface area (Å²) in [5.41, 5.74) is 17.8. The van der Waals surface area contributed by atoms with Crippen molar-refractivity contribution < 1.29 is 4.42 Å². The predicted molar refractivity (Wildman–Crippen MR) is 282 cm³/mol. The van der Waals surface area contributed by atoms with Gasteiger partial charge in [-0.05, 0) is 105 Å². The monoisotopic (exact) mass is 854 g/mol. The van der Waals surface area contributed by atoms with E-state index < -0.39 is 0 Å². The van der Waals surface area contributed by atoms with Crippen LogP contribution < -0.4 is 4.90 Å². The van der Waals surface area contributed by atoms with Gasteiger partial charge in [-0.2, -0.15) is 0 Å². The second-order valence-electron chi connectivity index (χ2n) is 17.2. The molecule has 314 valence electrons. The van der Waals surface area contributed by atoms with Crippen molar-refractivity contribution in [3.05, 3.63) is 255 Å². The number of hydrogen-bond donors (Lipinski definition) is 0. The Labute approximate surface area is 388 Å². The van der Waals surface area contributed by atoms with Crippen molar-refractivity contribution in [1.82, 2.24) is 4.57 Å². The molecule has 0 unspecified atom stereocenters. The summed E-state index contributed by atoms with van der Waals surface area (Å²) in [6.45, 7) is 0. The van der Waals surface area contributed by atoms with Gasteiger partial charge in [0.15, 0.2) is 0 Å². The molecule has 0 saturated carbocycles. The van der Waals surface area contributed by atoms with E-state index in [0.29, 0.717) is 0 Å². The topological polar surface area (TPSA) is 21.3 Å². The Morgan fingerprint density at radius 3 is 1.42 bits per heavy atom. The van der Waals surface area contributed by atoms with E-state index in [1.165, 1.54) is 49.3 Å². The van der Waals surface area contributed by atoms with E-state index in [1.54, 1.807) is 0 Å². The number of hydrogen-bond acceptors (Lipinski definition) is 2. The lowest BCUT2D eigenvalue weighted by Crippen LogP contribution is -2.09. The molecule has 0 radical (unpaired) electrons. The van der Waals surface area contributed by atoms with E-state index >= 15 is 0 Å². The van der Waals surface area contributed by atoms with Crippen LogP contribution in [0.3, 0.4) is 0 Å². The molecule has 67 heavy (non-hydrogen) atoms. The van der Waals surface area contributed by atoms with Crippen molar-refractivity contribution in [2.75, 3.05) is 4.90 Å². The molecule has 11 aromatic carbocycles. The Morgan fingerprint density at radius 2 is 0.761 bits per heavy atom. The normalized spacial score (nSPS) is 11.6. The molecule has 0 aliphatic rings. The van der Waals surface area contributed by atoms with Gasteiger partial charge in [0.1, 0.15) is 11.2 Å². The third-order valence-electron chi connectivity index (χ3n) is 13.4. The van der Waals surface area contributed by atoms with Gasteiger partial charge in [-0.25, -0.2) is 0 Å². The second kappa shape index (κ2) is 16.0. The van der Waals surface area contributed by atoms with E-state index in [9.17, 15) is 0 Å². The zero-order chi connectivity index (χ0) is 44.3. The Balaban J connectivity index is 0.897. The van der Waals surface area contributed by atoms with Crippen LogP contribution in [0, 0.1) is 0 Å². The third-order valence-corrected chi connectivity index (χ3v) is 13.4. The first-order chi connectivity index (χ1) is 33.2. The minimum absolute atomic E-state index is 0.902. The van der Waals surface area contributed by atoms with Crippen LogP contribution >= 0.6 is 0 Å². The van der Waals surface area contributed by atoms with Gasteiger partial charge in [-0.3, -0.25) is 0 Å². The smallest absolute Gasteiger partial charge is 0.143 e. The maximum absolute atomic E-state index is 6.51. The molecule has 0 aliphatic carbocycles. The molecule has 3 heteroatoms. The van der Waals surface area contributed by atoms with Gasteiger partial charge in [0.25, 0.3) is 0 Å². The van der Waals surface area contributed by atoms with Crippen molar-refractivity contribution in [1.29, 1.82) is 0 Å². The van der Waals surface area contributed by atoms with Crippen LogP contribution in [-0.4, -0.2) is 4.57 Å². The molecule has 0 N–H and O–H groups in total. The number of furan rings is 1. The average molecular weight is 855 g/mol.